The van der Waals surface area contributed by atoms with Gasteiger partial charge in [-0.05, 0) is 29.8 Å². The number of benzene rings is 1. The van der Waals surface area contributed by atoms with Gasteiger partial charge in [-0.2, -0.15) is 4.73 Å². The van der Waals surface area contributed by atoms with E-state index in [4.69, 9.17) is 9.84 Å². The first kappa shape index (κ1) is 16.2. The molecule has 0 amide bonds. The fourth-order valence-corrected chi connectivity index (χ4v) is 1.82. The van der Waals surface area contributed by atoms with Crippen molar-refractivity contribution < 1.29 is 24.2 Å². The maximum atomic E-state index is 12.0. The minimum atomic E-state index is -1.06. The zero-order valence-electron chi connectivity index (χ0n) is 12.4. The van der Waals surface area contributed by atoms with Crippen LogP contribution in [0.15, 0.2) is 48.7 Å². The van der Waals surface area contributed by atoms with Crippen LogP contribution in [0.1, 0.15) is 21.6 Å². The van der Waals surface area contributed by atoms with Crippen LogP contribution in [0.4, 0.5) is 0 Å². The standard InChI is InChI=1S/C17H15NO5/c1-12-5-7-14(10-18(12)22)16(19)8-6-13-3-2-4-15(9-13)23-11-17(20)21/h2-10H,11H2,1H3,(H,20,21). The van der Waals surface area contributed by atoms with E-state index in [2.05, 4.69) is 0 Å². The summed E-state index contributed by atoms with van der Waals surface area (Å²) in [5.74, 6) is -0.965. The molecule has 1 heterocycles. The first-order valence-corrected chi connectivity index (χ1v) is 6.82. The van der Waals surface area contributed by atoms with Crippen molar-refractivity contribution >= 4 is 17.8 Å². The van der Waals surface area contributed by atoms with E-state index >= 15 is 0 Å². The van der Waals surface area contributed by atoms with Crippen molar-refractivity contribution in [2.24, 2.45) is 0 Å². The van der Waals surface area contributed by atoms with Crippen LogP contribution in [0.3, 0.4) is 0 Å². The van der Waals surface area contributed by atoms with E-state index in [1.165, 1.54) is 12.3 Å². The van der Waals surface area contributed by atoms with Gasteiger partial charge in [-0.3, -0.25) is 4.79 Å². The summed E-state index contributed by atoms with van der Waals surface area (Å²) in [7, 11) is 0. The fourth-order valence-electron chi connectivity index (χ4n) is 1.82. The number of carbonyl (C=O) groups excluding carboxylic acids is 1. The van der Waals surface area contributed by atoms with Gasteiger partial charge in [-0.15, -0.1) is 0 Å². The van der Waals surface area contributed by atoms with E-state index in [1.54, 1.807) is 49.4 Å². The Balaban J connectivity index is 2.09. The molecule has 0 fully saturated rings. The molecule has 118 valence electrons. The number of hydrogen-bond acceptors (Lipinski definition) is 4. The number of aryl methyl sites for hydroxylation is 1. The van der Waals surface area contributed by atoms with Crippen molar-refractivity contribution in [2.75, 3.05) is 6.61 Å². The smallest absolute Gasteiger partial charge is 0.341 e. The van der Waals surface area contributed by atoms with E-state index < -0.39 is 12.6 Å². The summed E-state index contributed by atoms with van der Waals surface area (Å²) in [4.78, 5) is 22.5. The predicted octanol–water partition coefficient (Wildman–Crippen LogP) is 1.99. The second-order valence-electron chi connectivity index (χ2n) is 4.84. The highest BCUT2D eigenvalue weighted by atomic mass is 16.5. The molecule has 2 rings (SSSR count). The summed E-state index contributed by atoms with van der Waals surface area (Å²) in [6.07, 6.45) is 4.15. The minimum absolute atomic E-state index is 0.292. The van der Waals surface area contributed by atoms with Crippen LogP contribution in [-0.2, 0) is 4.79 Å². The topological polar surface area (TPSA) is 90.5 Å². The van der Waals surface area contributed by atoms with Gasteiger partial charge in [0.15, 0.2) is 24.3 Å². The number of carboxylic acids is 1. The minimum Gasteiger partial charge on any atom is -0.618 e. The van der Waals surface area contributed by atoms with Crippen LogP contribution in [0.5, 0.6) is 5.75 Å². The molecular formula is C17H15NO5. The van der Waals surface area contributed by atoms with Gasteiger partial charge in [0.05, 0.1) is 5.56 Å². The average molecular weight is 313 g/mol. The number of aliphatic carboxylic acids is 1. The fraction of sp³-hybridized carbons (Fsp3) is 0.118. The van der Waals surface area contributed by atoms with Crippen LogP contribution in [0.2, 0.25) is 0 Å². The number of carbonyl (C=O) groups is 2. The monoisotopic (exact) mass is 313 g/mol. The van der Waals surface area contributed by atoms with Crippen molar-refractivity contribution in [3.8, 4) is 5.75 Å². The van der Waals surface area contributed by atoms with Gasteiger partial charge in [0, 0.05) is 13.0 Å². The first-order valence-electron chi connectivity index (χ1n) is 6.82. The van der Waals surface area contributed by atoms with Gasteiger partial charge in [-0.1, -0.05) is 18.2 Å². The van der Waals surface area contributed by atoms with Crippen LogP contribution >= 0.6 is 0 Å². The Kier molecular flexibility index (Phi) is 5.09. The molecule has 2 aromatic rings. The van der Waals surface area contributed by atoms with Gasteiger partial charge in [0.25, 0.3) is 0 Å². The zero-order valence-corrected chi connectivity index (χ0v) is 12.4. The van der Waals surface area contributed by atoms with Gasteiger partial charge < -0.3 is 15.1 Å². The number of allylic oxidation sites excluding steroid dienone is 1. The van der Waals surface area contributed by atoms with Gasteiger partial charge in [0.2, 0.25) is 0 Å². The molecule has 6 nitrogen and oxygen atoms in total. The van der Waals surface area contributed by atoms with E-state index in [9.17, 15) is 14.8 Å². The lowest BCUT2D eigenvalue weighted by atomic mass is 10.1. The second kappa shape index (κ2) is 7.22. The lowest BCUT2D eigenvalue weighted by Gasteiger charge is -2.03. The van der Waals surface area contributed by atoms with Crippen molar-refractivity contribution in [3.63, 3.8) is 0 Å². The molecule has 0 saturated heterocycles. The molecule has 23 heavy (non-hydrogen) atoms. The van der Waals surface area contributed by atoms with Crippen LogP contribution in [-0.4, -0.2) is 23.5 Å². The summed E-state index contributed by atoms with van der Waals surface area (Å²) < 4.78 is 5.71. The summed E-state index contributed by atoms with van der Waals surface area (Å²) in [6, 6.07) is 9.86. The SMILES string of the molecule is Cc1ccc(C(=O)C=Cc2cccc(OCC(=O)O)c2)c[n+]1[O-]. The number of aromatic nitrogens is 1. The second-order valence-corrected chi connectivity index (χ2v) is 4.84. The van der Waals surface area contributed by atoms with Crippen molar-refractivity contribution in [2.45, 2.75) is 6.92 Å². The predicted molar refractivity (Wildman–Crippen MR) is 83.1 cm³/mol. The zero-order chi connectivity index (χ0) is 16.8. The molecular weight excluding hydrogens is 298 g/mol. The molecule has 0 spiro atoms. The lowest BCUT2D eigenvalue weighted by molar-refractivity contribution is -0.612. The molecule has 0 atom stereocenters. The third-order valence-electron chi connectivity index (χ3n) is 3.04. The number of ether oxygens (including phenoxy) is 1. The van der Waals surface area contributed by atoms with Crippen molar-refractivity contribution in [3.05, 3.63) is 70.7 Å². The number of pyridine rings is 1. The molecule has 6 heteroatoms. The maximum Gasteiger partial charge on any atom is 0.341 e. The number of carboxylic acid groups (broad SMARTS) is 1. The van der Waals surface area contributed by atoms with E-state index in [0.29, 0.717) is 27.3 Å². The molecule has 0 aliphatic heterocycles. The first-order chi connectivity index (χ1) is 11.0. The molecule has 0 radical (unpaired) electrons. The highest BCUT2D eigenvalue weighted by molar-refractivity contribution is 6.06. The largest absolute Gasteiger partial charge is 0.618 e. The number of nitrogens with zero attached hydrogens (tertiary/aromatic N) is 1. The third kappa shape index (κ3) is 4.67. The summed E-state index contributed by atoms with van der Waals surface area (Å²) in [5.41, 5.74) is 1.48. The van der Waals surface area contributed by atoms with Gasteiger partial charge in [0.1, 0.15) is 5.75 Å². The summed E-state index contributed by atoms with van der Waals surface area (Å²) in [6.45, 7) is 1.22. The Morgan fingerprint density at radius 3 is 2.78 bits per heavy atom. The van der Waals surface area contributed by atoms with E-state index in [1.807, 2.05) is 0 Å². The maximum absolute atomic E-state index is 12.0. The highest BCUT2D eigenvalue weighted by Crippen LogP contribution is 2.15. The van der Waals surface area contributed by atoms with Crippen LogP contribution in [0, 0.1) is 12.1 Å². The summed E-state index contributed by atoms with van der Waals surface area (Å²) in [5, 5.41) is 20.0. The molecule has 0 bridgehead atoms. The highest BCUT2D eigenvalue weighted by Gasteiger charge is 2.07. The van der Waals surface area contributed by atoms with Gasteiger partial charge >= 0.3 is 5.97 Å². The Morgan fingerprint density at radius 2 is 2.09 bits per heavy atom. The Labute approximate surface area is 132 Å². The molecule has 0 unspecified atom stereocenters. The quantitative estimate of drug-likeness (QED) is 0.381. The Bertz CT molecular complexity index is 767. The lowest BCUT2D eigenvalue weighted by Crippen LogP contribution is -2.30. The van der Waals surface area contributed by atoms with E-state index in [0.717, 1.165) is 0 Å². The van der Waals surface area contributed by atoms with Crippen LogP contribution < -0.4 is 9.47 Å². The van der Waals surface area contributed by atoms with Gasteiger partial charge in [-0.25, -0.2) is 4.79 Å². The third-order valence-corrected chi connectivity index (χ3v) is 3.04. The molecule has 1 aromatic heterocycles. The number of ketones is 1. The van der Waals surface area contributed by atoms with Crippen molar-refractivity contribution in [1.82, 2.24) is 0 Å². The Morgan fingerprint density at radius 1 is 1.30 bits per heavy atom. The summed E-state index contributed by atoms with van der Waals surface area (Å²) >= 11 is 0. The average Bonchev–Trinajstić information content (AvgIpc) is 2.53. The molecule has 0 aliphatic carbocycles. The van der Waals surface area contributed by atoms with E-state index in [-0.39, 0.29) is 5.78 Å². The van der Waals surface area contributed by atoms with Crippen molar-refractivity contribution in [1.29, 1.82) is 0 Å². The Hall–Kier alpha value is -3.15. The molecule has 1 N–H and O–H groups in total. The molecule has 1 aromatic carbocycles. The van der Waals surface area contributed by atoms with Crippen LogP contribution in [0.25, 0.3) is 6.08 Å². The number of rotatable bonds is 6. The molecule has 0 aliphatic rings. The number of hydrogen-bond donors (Lipinski definition) is 1. The normalized spacial score (nSPS) is 10.7. The molecule has 0 saturated carbocycles.